The summed E-state index contributed by atoms with van der Waals surface area (Å²) in [6, 6.07) is 5.67. The molecule has 1 heterocycles. The van der Waals surface area contributed by atoms with Crippen molar-refractivity contribution in [3.05, 3.63) is 29.3 Å². The fourth-order valence-electron chi connectivity index (χ4n) is 3.04. The molecule has 1 aliphatic rings. The molecule has 0 radical (unpaired) electrons. The van der Waals surface area contributed by atoms with Gasteiger partial charge in [0.25, 0.3) is 0 Å². The Morgan fingerprint density at radius 2 is 2.12 bits per heavy atom. The lowest BCUT2D eigenvalue weighted by atomic mass is 9.97. The smallest absolute Gasteiger partial charge is 0.224 e. The summed E-state index contributed by atoms with van der Waals surface area (Å²) in [7, 11) is -1.62. The molecule has 7 heteroatoms. The van der Waals surface area contributed by atoms with Gasteiger partial charge in [0.15, 0.2) is 0 Å². The van der Waals surface area contributed by atoms with Crippen LogP contribution in [0.3, 0.4) is 0 Å². The van der Waals surface area contributed by atoms with E-state index in [0.717, 1.165) is 16.9 Å². The summed E-state index contributed by atoms with van der Waals surface area (Å²) >= 11 is 0. The normalized spacial score (nSPS) is 20.4. The van der Waals surface area contributed by atoms with E-state index in [2.05, 4.69) is 5.32 Å². The standard InChI is InChI=1S/C17H26N2O4S/c1-12-10-14(7-8-16(12)23-3)13(2)18-17(20)15-6-5-9-19(11-15)24(4,21)22/h7-8,10,13,15H,5-6,9,11H2,1-4H3,(H,18,20)/t13-,15-/m1/s1. The summed E-state index contributed by atoms with van der Waals surface area (Å²) in [4.78, 5) is 12.5. The molecule has 1 N–H and O–H groups in total. The molecule has 0 aromatic heterocycles. The number of nitrogens with one attached hydrogen (secondary N) is 1. The van der Waals surface area contributed by atoms with Crippen LogP contribution in [0.2, 0.25) is 0 Å². The van der Waals surface area contributed by atoms with Gasteiger partial charge < -0.3 is 10.1 Å². The van der Waals surface area contributed by atoms with E-state index >= 15 is 0 Å². The number of nitrogens with zero attached hydrogens (tertiary/aromatic N) is 1. The van der Waals surface area contributed by atoms with E-state index in [1.54, 1.807) is 7.11 Å². The molecule has 0 bridgehead atoms. The highest BCUT2D eigenvalue weighted by Gasteiger charge is 2.30. The Hall–Kier alpha value is -1.60. The average Bonchev–Trinajstić information content (AvgIpc) is 2.54. The summed E-state index contributed by atoms with van der Waals surface area (Å²) in [5.41, 5.74) is 2.01. The van der Waals surface area contributed by atoms with Gasteiger partial charge in [-0.25, -0.2) is 12.7 Å². The van der Waals surface area contributed by atoms with Crippen molar-refractivity contribution in [3.63, 3.8) is 0 Å². The molecular weight excluding hydrogens is 328 g/mol. The van der Waals surface area contributed by atoms with Crippen LogP contribution in [0.1, 0.15) is 36.9 Å². The highest BCUT2D eigenvalue weighted by atomic mass is 32.2. The van der Waals surface area contributed by atoms with E-state index < -0.39 is 10.0 Å². The molecular formula is C17H26N2O4S. The number of benzene rings is 1. The SMILES string of the molecule is COc1ccc([C@@H](C)NC(=O)[C@@H]2CCCN(S(C)(=O)=O)C2)cc1C. The monoisotopic (exact) mass is 354 g/mol. The highest BCUT2D eigenvalue weighted by molar-refractivity contribution is 7.88. The molecule has 134 valence electrons. The zero-order chi connectivity index (χ0) is 17.9. The van der Waals surface area contributed by atoms with Crippen molar-refractivity contribution in [2.45, 2.75) is 32.7 Å². The fourth-order valence-corrected chi connectivity index (χ4v) is 3.95. The second kappa shape index (κ2) is 7.53. The fraction of sp³-hybridized carbons (Fsp3) is 0.588. The Balaban J connectivity index is 2.02. The van der Waals surface area contributed by atoms with Crippen LogP contribution in [0.25, 0.3) is 0 Å². The topological polar surface area (TPSA) is 75.7 Å². The second-order valence-electron chi connectivity index (χ2n) is 6.42. The van der Waals surface area contributed by atoms with E-state index in [1.165, 1.54) is 10.6 Å². The van der Waals surface area contributed by atoms with Crippen molar-refractivity contribution >= 4 is 15.9 Å². The Kier molecular flexibility index (Phi) is 5.87. The summed E-state index contributed by atoms with van der Waals surface area (Å²) in [6.45, 7) is 4.65. The molecule has 2 rings (SSSR count). The third-order valence-corrected chi connectivity index (χ3v) is 5.77. The van der Waals surface area contributed by atoms with Crippen molar-refractivity contribution in [3.8, 4) is 5.75 Å². The van der Waals surface area contributed by atoms with Crippen LogP contribution in [-0.2, 0) is 14.8 Å². The average molecular weight is 354 g/mol. The molecule has 1 amide bonds. The Bertz CT molecular complexity index is 703. The Morgan fingerprint density at radius 1 is 1.42 bits per heavy atom. The molecule has 6 nitrogen and oxygen atoms in total. The minimum Gasteiger partial charge on any atom is -0.496 e. The van der Waals surface area contributed by atoms with Crippen LogP contribution in [0.5, 0.6) is 5.75 Å². The number of methoxy groups -OCH3 is 1. The zero-order valence-corrected chi connectivity index (χ0v) is 15.5. The van der Waals surface area contributed by atoms with Crippen LogP contribution in [0.15, 0.2) is 18.2 Å². The van der Waals surface area contributed by atoms with Crippen LogP contribution in [-0.4, -0.2) is 45.1 Å². The Morgan fingerprint density at radius 3 is 2.71 bits per heavy atom. The molecule has 1 saturated heterocycles. The van der Waals surface area contributed by atoms with Gasteiger partial charge in [-0.3, -0.25) is 4.79 Å². The number of rotatable bonds is 5. The molecule has 0 aliphatic carbocycles. The van der Waals surface area contributed by atoms with Gasteiger partial charge in [0.1, 0.15) is 5.75 Å². The molecule has 1 fully saturated rings. The van der Waals surface area contributed by atoms with E-state index in [9.17, 15) is 13.2 Å². The number of aryl methyl sites for hydroxylation is 1. The maximum Gasteiger partial charge on any atom is 0.224 e. The number of amides is 1. The number of hydrogen-bond donors (Lipinski definition) is 1. The van der Waals surface area contributed by atoms with Crippen molar-refractivity contribution in [1.82, 2.24) is 9.62 Å². The number of ether oxygens (including phenoxy) is 1. The molecule has 1 aromatic rings. The van der Waals surface area contributed by atoms with Gasteiger partial charge >= 0.3 is 0 Å². The number of carbonyl (C=O) groups excluding carboxylic acids is 1. The van der Waals surface area contributed by atoms with E-state index in [-0.39, 0.29) is 24.4 Å². The van der Waals surface area contributed by atoms with Gasteiger partial charge in [-0.1, -0.05) is 12.1 Å². The summed E-state index contributed by atoms with van der Waals surface area (Å²) < 4.78 is 30.0. The van der Waals surface area contributed by atoms with Gasteiger partial charge in [-0.2, -0.15) is 0 Å². The zero-order valence-electron chi connectivity index (χ0n) is 14.7. The lowest BCUT2D eigenvalue weighted by Gasteiger charge is -2.31. The minimum absolute atomic E-state index is 0.0932. The van der Waals surface area contributed by atoms with Gasteiger partial charge in [0, 0.05) is 13.1 Å². The van der Waals surface area contributed by atoms with Crippen LogP contribution in [0.4, 0.5) is 0 Å². The molecule has 0 spiro atoms. The Labute approximate surface area is 144 Å². The number of sulfonamides is 1. The van der Waals surface area contributed by atoms with E-state index in [1.807, 2.05) is 32.0 Å². The van der Waals surface area contributed by atoms with Crippen molar-refractivity contribution in [2.24, 2.45) is 5.92 Å². The summed E-state index contributed by atoms with van der Waals surface area (Å²) in [5, 5.41) is 3.00. The maximum absolute atomic E-state index is 12.5. The first kappa shape index (κ1) is 18.7. The molecule has 0 unspecified atom stereocenters. The number of hydrogen-bond acceptors (Lipinski definition) is 4. The number of piperidine rings is 1. The number of carbonyl (C=O) groups is 1. The van der Waals surface area contributed by atoms with Gasteiger partial charge in [-0.05, 0) is 43.9 Å². The molecule has 2 atom stereocenters. The predicted molar refractivity (Wildman–Crippen MR) is 93.4 cm³/mol. The summed E-state index contributed by atoms with van der Waals surface area (Å²) in [5.74, 6) is 0.424. The minimum atomic E-state index is -3.25. The maximum atomic E-state index is 12.5. The first-order valence-corrected chi connectivity index (χ1v) is 9.97. The van der Waals surface area contributed by atoms with Gasteiger partial charge in [-0.15, -0.1) is 0 Å². The van der Waals surface area contributed by atoms with Crippen LogP contribution in [0, 0.1) is 12.8 Å². The lowest BCUT2D eigenvalue weighted by Crippen LogP contribution is -2.45. The molecule has 1 aromatic carbocycles. The quantitative estimate of drug-likeness (QED) is 0.876. The summed E-state index contributed by atoms with van der Waals surface area (Å²) in [6.07, 6.45) is 2.61. The third-order valence-electron chi connectivity index (χ3n) is 4.50. The van der Waals surface area contributed by atoms with Crippen molar-refractivity contribution < 1.29 is 17.9 Å². The first-order chi connectivity index (χ1) is 11.2. The third kappa shape index (κ3) is 4.48. The lowest BCUT2D eigenvalue weighted by molar-refractivity contribution is -0.126. The van der Waals surface area contributed by atoms with E-state index in [0.29, 0.717) is 19.4 Å². The highest BCUT2D eigenvalue weighted by Crippen LogP contribution is 2.24. The second-order valence-corrected chi connectivity index (χ2v) is 8.40. The van der Waals surface area contributed by atoms with Crippen molar-refractivity contribution in [2.75, 3.05) is 26.5 Å². The van der Waals surface area contributed by atoms with Gasteiger partial charge in [0.05, 0.1) is 25.3 Å². The van der Waals surface area contributed by atoms with Gasteiger partial charge in [0.2, 0.25) is 15.9 Å². The van der Waals surface area contributed by atoms with Crippen molar-refractivity contribution in [1.29, 1.82) is 0 Å². The van der Waals surface area contributed by atoms with Crippen LogP contribution >= 0.6 is 0 Å². The predicted octanol–water partition coefficient (Wildman–Crippen LogP) is 1.85. The molecule has 1 aliphatic heterocycles. The molecule has 0 saturated carbocycles. The van der Waals surface area contributed by atoms with E-state index in [4.69, 9.17) is 4.74 Å². The molecule has 24 heavy (non-hydrogen) atoms. The largest absolute Gasteiger partial charge is 0.496 e. The first-order valence-electron chi connectivity index (χ1n) is 8.12. The van der Waals surface area contributed by atoms with Crippen LogP contribution < -0.4 is 10.1 Å².